The van der Waals surface area contributed by atoms with Crippen molar-refractivity contribution in [2.75, 3.05) is 12.9 Å². The van der Waals surface area contributed by atoms with Gasteiger partial charge in [-0.1, -0.05) is 109 Å². The molecular weight excluding hydrogens is 570 g/mol. The Hall–Kier alpha value is -4.36. The molecule has 2 fully saturated rings. The molecule has 1 amide bonds. The van der Waals surface area contributed by atoms with Crippen LogP contribution in [0.1, 0.15) is 46.3 Å². The lowest BCUT2D eigenvalue weighted by Crippen LogP contribution is -2.57. The Balaban J connectivity index is 1.29. The van der Waals surface area contributed by atoms with Crippen molar-refractivity contribution in [3.05, 3.63) is 144 Å². The molecule has 4 aromatic rings. The molecule has 0 spiro atoms. The van der Waals surface area contributed by atoms with E-state index in [4.69, 9.17) is 9.47 Å². The molecular formula is C37H35NO5S. The van der Waals surface area contributed by atoms with Crippen LogP contribution in [0, 0.1) is 5.92 Å². The van der Waals surface area contributed by atoms with E-state index in [1.807, 2.05) is 65.6 Å². The van der Waals surface area contributed by atoms with Crippen LogP contribution in [0.2, 0.25) is 0 Å². The molecule has 0 aromatic heterocycles. The molecule has 7 heteroatoms. The predicted molar refractivity (Wildman–Crippen MR) is 171 cm³/mol. The Morgan fingerprint density at radius 1 is 0.750 bits per heavy atom. The standard InChI is InChI=1S/C37H35NO5S/c1-42-36(41)34-31-23-22-30(24-32(34)43-35(40)26-14-6-2-7-15-26)38(31)33(39)25-44-37(27-16-8-3-9-17-27,28-18-10-4-11-19-28)29-20-12-5-13-21-29/h2-21,30-32,34H,22-25H2,1H3/t30-,31+,32-,34+/m0/s1. The number of carbonyl (C=O) groups excluding carboxylic acids is 3. The van der Waals surface area contributed by atoms with Crippen LogP contribution in [0.5, 0.6) is 0 Å². The van der Waals surface area contributed by atoms with Gasteiger partial charge in [0, 0.05) is 18.5 Å². The number of nitrogens with zero attached hydrogens (tertiary/aromatic N) is 1. The van der Waals surface area contributed by atoms with E-state index in [0.29, 0.717) is 18.4 Å². The van der Waals surface area contributed by atoms with Crippen LogP contribution in [-0.4, -0.2) is 53.8 Å². The Labute approximate surface area is 262 Å². The van der Waals surface area contributed by atoms with Crippen LogP contribution in [0.25, 0.3) is 0 Å². The lowest BCUT2D eigenvalue weighted by Gasteiger charge is -2.43. The van der Waals surface area contributed by atoms with Crippen molar-refractivity contribution < 1.29 is 23.9 Å². The fourth-order valence-corrected chi connectivity index (χ4v) is 8.30. The third kappa shape index (κ3) is 5.64. The maximum absolute atomic E-state index is 14.3. The monoisotopic (exact) mass is 605 g/mol. The Morgan fingerprint density at radius 3 is 1.75 bits per heavy atom. The van der Waals surface area contributed by atoms with E-state index in [1.165, 1.54) is 7.11 Å². The highest BCUT2D eigenvalue weighted by molar-refractivity contribution is 8.01. The normalized spacial score (nSPS) is 21.0. The SMILES string of the molecule is COC(=O)[C@H]1[C@@H](OC(=O)c2ccccc2)C[C@@H]2CC[C@H]1N2C(=O)CSC(c1ccccc1)(c1ccccc1)c1ccccc1. The summed E-state index contributed by atoms with van der Waals surface area (Å²) >= 11 is 1.59. The Kier molecular flexibility index (Phi) is 8.84. The lowest BCUT2D eigenvalue weighted by molar-refractivity contribution is -0.159. The number of esters is 2. The van der Waals surface area contributed by atoms with Crippen LogP contribution in [-0.2, 0) is 23.8 Å². The fraction of sp³-hybridized carbons (Fsp3) is 0.270. The molecule has 4 atom stereocenters. The highest BCUT2D eigenvalue weighted by Gasteiger charge is 2.54. The van der Waals surface area contributed by atoms with Gasteiger partial charge in [0.1, 0.15) is 12.0 Å². The first kappa shape index (κ1) is 29.7. The number of hydrogen-bond acceptors (Lipinski definition) is 6. The van der Waals surface area contributed by atoms with E-state index in [0.717, 1.165) is 23.1 Å². The van der Waals surface area contributed by atoms with Gasteiger partial charge in [-0.05, 0) is 41.7 Å². The molecule has 6 rings (SSSR count). The smallest absolute Gasteiger partial charge is 0.338 e. The fourth-order valence-electron chi connectivity index (χ4n) is 6.91. The molecule has 224 valence electrons. The molecule has 0 radical (unpaired) electrons. The number of fused-ring (bicyclic) bond motifs is 2. The van der Waals surface area contributed by atoms with Crippen molar-refractivity contribution >= 4 is 29.6 Å². The van der Waals surface area contributed by atoms with E-state index >= 15 is 0 Å². The van der Waals surface area contributed by atoms with E-state index in [9.17, 15) is 14.4 Å². The summed E-state index contributed by atoms with van der Waals surface area (Å²) in [6.45, 7) is 0. The van der Waals surface area contributed by atoms with Gasteiger partial charge in [0.15, 0.2) is 0 Å². The molecule has 0 unspecified atom stereocenters. The zero-order chi connectivity index (χ0) is 30.5. The van der Waals surface area contributed by atoms with Crippen molar-refractivity contribution in [3.63, 3.8) is 0 Å². The minimum Gasteiger partial charge on any atom is -0.469 e. The van der Waals surface area contributed by atoms with E-state index in [1.54, 1.807) is 36.0 Å². The number of thioether (sulfide) groups is 1. The summed E-state index contributed by atoms with van der Waals surface area (Å²) in [5.41, 5.74) is 3.67. The van der Waals surface area contributed by atoms with Crippen molar-refractivity contribution in [2.24, 2.45) is 5.92 Å². The predicted octanol–water partition coefficient (Wildman–Crippen LogP) is 6.49. The second-order valence-corrected chi connectivity index (χ2v) is 12.5. The maximum atomic E-state index is 14.3. The first-order chi connectivity index (χ1) is 21.5. The van der Waals surface area contributed by atoms with Crippen LogP contribution in [0.3, 0.4) is 0 Å². The number of piperidine rings is 1. The number of rotatable bonds is 9. The highest BCUT2D eigenvalue weighted by Crippen LogP contribution is 2.49. The second kappa shape index (κ2) is 13.1. The van der Waals surface area contributed by atoms with Gasteiger partial charge in [0.2, 0.25) is 5.91 Å². The molecule has 0 N–H and O–H groups in total. The van der Waals surface area contributed by atoms with Crippen molar-refractivity contribution in [2.45, 2.75) is 42.2 Å². The number of ether oxygens (including phenoxy) is 2. The molecule has 4 aromatic carbocycles. The molecule has 2 saturated heterocycles. The van der Waals surface area contributed by atoms with Crippen LogP contribution in [0.4, 0.5) is 0 Å². The maximum Gasteiger partial charge on any atom is 0.338 e. The summed E-state index contributed by atoms with van der Waals surface area (Å²) < 4.78 is 10.5. The van der Waals surface area contributed by atoms with Crippen molar-refractivity contribution in [1.29, 1.82) is 0 Å². The van der Waals surface area contributed by atoms with Gasteiger partial charge in [0.25, 0.3) is 0 Å². The third-order valence-corrected chi connectivity index (χ3v) is 10.4. The molecule has 6 nitrogen and oxygen atoms in total. The molecule has 2 aliphatic rings. The summed E-state index contributed by atoms with van der Waals surface area (Å²) in [6.07, 6.45) is 1.13. The van der Waals surface area contributed by atoms with Gasteiger partial charge < -0.3 is 14.4 Å². The van der Waals surface area contributed by atoms with Crippen LogP contribution < -0.4 is 0 Å². The molecule has 44 heavy (non-hydrogen) atoms. The topological polar surface area (TPSA) is 72.9 Å². The van der Waals surface area contributed by atoms with E-state index < -0.39 is 34.7 Å². The number of methoxy groups -OCH3 is 1. The summed E-state index contributed by atoms with van der Waals surface area (Å²) in [4.78, 5) is 42.3. The van der Waals surface area contributed by atoms with Crippen LogP contribution >= 0.6 is 11.8 Å². The minimum atomic E-state index is -0.748. The summed E-state index contributed by atoms with van der Waals surface area (Å²) in [5, 5.41) is 0. The van der Waals surface area contributed by atoms with Gasteiger partial charge >= 0.3 is 11.9 Å². The Bertz CT molecular complexity index is 1490. The third-order valence-electron chi connectivity index (χ3n) is 8.85. The minimum absolute atomic E-state index is 0.0311. The zero-order valence-electron chi connectivity index (χ0n) is 24.6. The summed E-state index contributed by atoms with van der Waals surface area (Å²) in [5.74, 6) is -1.51. The molecule has 2 bridgehead atoms. The first-order valence-corrected chi connectivity index (χ1v) is 16.0. The van der Waals surface area contributed by atoms with Gasteiger partial charge in [0.05, 0.1) is 23.2 Å². The van der Waals surface area contributed by atoms with Crippen molar-refractivity contribution in [1.82, 2.24) is 4.90 Å². The number of carbonyl (C=O) groups is 3. The number of hydrogen-bond donors (Lipinski definition) is 0. The number of amides is 1. The summed E-state index contributed by atoms with van der Waals surface area (Å²) in [7, 11) is 1.34. The molecule has 0 saturated carbocycles. The van der Waals surface area contributed by atoms with Gasteiger partial charge in [-0.2, -0.15) is 0 Å². The number of benzene rings is 4. The van der Waals surface area contributed by atoms with E-state index in [-0.39, 0.29) is 17.7 Å². The highest BCUT2D eigenvalue weighted by atomic mass is 32.2. The van der Waals surface area contributed by atoms with Gasteiger partial charge in [-0.15, -0.1) is 11.8 Å². The molecule has 0 aliphatic carbocycles. The summed E-state index contributed by atoms with van der Waals surface area (Å²) in [6, 6.07) is 39.1. The van der Waals surface area contributed by atoms with Gasteiger partial charge in [-0.3, -0.25) is 9.59 Å². The first-order valence-electron chi connectivity index (χ1n) is 15.0. The van der Waals surface area contributed by atoms with Crippen LogP contribution in [0.15, 0.2) is 121 Å². The zero-order valence-corrected chi connectivity index (χ0v) is 25.4. The largest absolute Gasteiger partial charge is 0.469 e. The van der Waals surface area contributed by atoms with E-state index in [2.05, 4.69) is 36.4 Å². The average Bonchev–Trinajstić information content (AvgIpc) is 3.40. The quantitative estimate of drug-likeness (QED) is 0.160. The lowest BCUT2D eigenvalue weighted by atomic mass is 9.84. The Morgan fingerprint density at radius 2 is 1.25 bits per heavy atom. The average molecular weight is 606 g/mol. The van der Waals surface area contributed by atoms with Crippen molar-refractivity contribution in [3.8, 4) is 0 Å². The van der Waals surface area contributed by atoms with Gasteiger partial charge in [-0.25, -0.2) is 4.79 Å². The second-order valence-electron chi connectivity index (χ2n) is 11.3. The molecule has 2 heterocycles. The molecule has 2 aliphatic heterocycles.